The van der Waals surface area contributed by atoms with Crippen LogP contribution in [0.4, 0.5) is 0 Å². The maximum absolute atomic E-state index is 10.9. The van der Waals surface area contributed by atoms with Crippen molar-refractivity contribution in [2.24, 2.45) is 0 Å². The van der Waals surface area contributed by atoms with Gasteiger partial charge < -0.3 is 10.2 Å². The van der Waals surface area contributed by atoms with Crippen molar-refractivity contribution in [3.8, 4) is 11.5 Å². The molecule has 2 N–H and O–H groups in total. The van der Waals surface area contributed by atoms with Crippen LogP contribution >= 0.6 is 7.26 Å². The van der Waals surface area contributed by atoms with Crippen LogP contribution in [0.3, 0.4) is 0 Å². The highest BCUT2D eigenvalue weighted by Gasteiger charge is 2.50. The smallest absolute Gasteiger partial charge is 0.201 e. The zero-order valence-corrected chi connectivity index (χ0v) is 15.6. The minimum atomic E-state index is -2.38. The van der Waals surface area contributed by atoms with Crippen LogP contribution in [0.1, 0.15) is 0 Å². The van der Waals surface area contributed by atoms with Crippen molar-refractivity contribution in [2.75, 3.05) is 0 Å². The summed E-state index contributed by atoms with van der Waals surface area (Å²) in [6.45, 7) is 0. The summed E-state index contributed by atoms with van der Waals surface area (Å²) in [7, 11) is -2.38. The van der Waals surface area contributed by atoms with E-state index in [1.165, 1.54) is 6.07 Å². The van der Waals surface area contributed by atoms with E-state index in [0.717, 1.165) is 21.2 Å². The molecule has 0 saturated heterocycles. The quantitative estimate of drug-likeness (QED) is 0.424. The number of phenolic OH excluding ortho intramolecular Hbond substituents is 2. The van der Waals surface area contributed by atoms with Crippen molar-refractivity contribution in [2.45, 2.75) is 0 Å². The maximum Gasteiger partial charge on any atom is 0.201 e. The van der Waals surface area contributed by atoms with E-state index < -0.39 is 7.26 Å². The summed E-state index contributed by atoms with van der Waals surface area (Å²) in [4.78, 5) is 0. The Morgan fingerprint density at radius 1 is 0.444 bits per heavy atom. The van der Waals surface area contributed by atoms with Gasteiger partial charge in [-0.15, -0.1) is 0 Å². The summed E-state index contributed by atoms with van der Waals surface area (Å²) in [6, 6.07) is 36.0. The summed E-state index contributed by atoms with van der Waals surface area (Å²) in [5, 5.41) is 25.3. The summed E-state index contributed by atoms with van der Waals surface area (Å²) >= 11 is 0. The van der Waals surface area contributed by atoms with Crippen LogP contribution in [-0.2, 0) is 0 Å². The Balaban J connectivity index is 2.18. The van der Waals surface area contributed by atoms with Gasteiger partial charge in [0.15, 0.2) is 11.1 Å². The van der Waals surface area contributed by atoms with E-state index in [4.69, 9.17) is 0 Å². The van der Waals surface area contributed by atoms with Crippen molar-refractivity contribution in [3.05, 3.63) is 109 Å². The number of benzene rings is 4. The third kappa shape index (κ3) is 2.89. The predicted octanol–water partition coefficient (Wildman–Crippen LogP) is 3.72. The third-order valence-electron chi connectivity index (χ3n) is 4.79. The number of hydrogen-bond donors (Lipinski definition) is 2. The molecule has 0 amide bonds. The molecule has 0 aromatic heterocycles. The lowest BCUT2D eigenvalue weighted by atomic mass is 10.3. The highest BCUT2D eigenvalue weighted by molar-refractivity contribution is 8.01. The van der Waals surface area contributed by atoms with Crippen LogP contribution in [0, 0.1) is 0 Å². The third-order valence-corrected chi connectivity index (χ3v) is 9.09. The summed E-state index contributed by atoms with van der Waals surface area (Å²) in [5.41, 5.74) is 0. The molecule has 27 heavy (non-hydrogen) atoms. The SMILES string of the molecule is Oc1cccc([P+](c2ccccc2)(c2ccccc2)c2ccccc2)c1O. The molecule has 0 saturated carbocycles. The molecule has 0 unspecified atom stereocenters. The van der Waals surface area contributed by atoms with Crippen LogP contribution in [0.15, 0.2) is 109 Å². The van der Waals surface area contributed by atoms with E-state index in [2.05, 4.69) is 36.4 Å². The fourth-order valence-electron chi connectivity index (χ4n) is 3.61. The fraction of sp³-hybridized carbons (Fsp3) is 0. The average Bonchev–Trinajstić information content (AvgIpc) is 2.74. The number of hydrogen-bond acceptors (Lipinski definition) is 2. The Morgan fingerprint density at radius 3 is 1.26 bits per heavy atom. The Hall–Kier alpha value is -3.09. The largest absolute Gasteiger partial charge is 0.504 e. The van der Waals surface area contributed by atoms with Gasteiger partial charge in [0.05, 0.1) is 0 Å². The van der Waals surface area contributed by atoms with E-state index in [0.29, 0.717) is 0 Å². The number of phenols is 2. The van der Waals surface area contributed by atoms with Gasteiger partial charge in [-0.25, -0.2) is 0 Å². The molecule has 4 rings (SSSR count). The van der Waals surface area contributed by atoms with Gasteiger partial charge in [0.2, 0.25) is 5.75 Å². The molecule has 0 bridgehead atoms. The Kier molecular flexibility index (Phi) is 4.66. The highest BCUT2D eigenvalue weighted by atomic mass is 31.2. The highest BCUT2D eigenvalue weighted by Crippen LogP contribution is 2.56. The van der Waals surface area contributed by atoms with E-state index in [1.54, 1.807) is 6.07 Å². The van der Waals surface area contributed by atoms with Gasteiger partial charge in [0.1, 0.15) is 23.2 Å². The monoisotopic (exact) mass is 371 g/mol. The van der Waals surface area contributed by atoms with E-state index in [-0.39, 0.29) is 11.5 Å². The Morgan fingerprint density at radius 2 is 0.852 bits per heavy atom. The molecule has 0 atom stereocenters. The summed E-state index contributed by atoms with van der Waals surface area (Å²) in [6.07, 6.45) is 0. The molecule has 132 valence electrons. The van der Waals surface area contributed by atoms with Crippen LogP contribution < -0.4 is 21.2 Å². The first-order valence-electron chi connectivity index (χ1n) is 8.82. The van der Waals surface area contributed by atoms with Crippen molar-refractivity contribution >= 4 is 28.5 Å². The van der Waals surface area contributed by atoms with Gasteiger partial charge in [-0.3, -0.25) is 0 Å². The summed E-state index contributed by atoms with van der Waals surface area (Å²) < 4.78 is 0. The fourth-order valence-corrected chi connectivity index (χ4v) is 7.94. The Labute approximate surface area is 159 Å². The predicted molar refractivity (Wildman–Crippen MR) is 115 cm³/mol. The summed E-state index contributed by atoms with van der Waals surface area (Å²) in [5.74, 6) is -0.151. The zero-order chi connectivity index (χ0) is 18.7. The first-order valence-corrected chi connectivity index (χ1v) is 10.6. The van der Waals surface area contributed by atoms with Crippen LogP contribution in [0.25, 0.3) is 0 Å². The molecule has 2 nitrogen and oxygen atoms in total. The van der Waals surface area contributed by atoms with E-state index >= 15 is 0 Å². The minimum absolute atomic E-state index is 0.0533. The van der Waals surface area contributed by atoms with Crippen LogP contribution in [0.5, 0.6) is 11.5 Å². The van der Waals surface area contributed by atoms with Crippen LogP contribution in [-0.4, -0.2) is 10.2 Å². The standard InChI is InChI=1S/C24H19O2P/c25-22-17-10-18-23(24(22)26)27(19-11-4-1-5-12-19,20-13-6-2-7-14-20)21-15-8-3-9-16-21/h1-18H,(H-,25,26)/p+1. The molecule has 0 aliphatic rings. The molecule has 0 aliphatic heterocycles. The van der Waals surface area contributed by atoms with Gasteiger partial charge in [-0.1, -0.05) is 60.7 Å². The topological polar surface area (TPSA) is 40.5 Å². The normalized spacial score (nSPS) is 11.3. The lowest BCUT2D eigenvalue weighted by molar-refractivity contribution is 0.407. The zero-order valence-electron chi connectivity index (χ0n) is 14.7. The first kappa shape index (κ1) is 17.3. The second-order valence-electron chi connectivity index (χ2n) is 6.32. The van der Waals surface area contributed by atoms with Gasteiger partial charge in [0.25, 0.3) is 0 Å². The van der Waals surface area contributed by atoms with Gasteiger partial charge in [-0.2, -0.15) is 0 Å². The van der Waals surface area contributed by atoms with Gasteiger partial charge in [-0.05, 0) is 48.5 Å². The molecule has 0 spiro atoms. The van der Waals surface area contributed by atoms with Crippen molar-refractivity contribution in [3.63, 3.8) is 0 Å². The second-order valence-corrected chi connectivity index (χ2v) is 9.69. The number of para-hydroxylation sites is 1. The number of rotatable bonds is 4. The van der Waals surface area contributed by atoms with Crippen molar-refractivity contribution in [1.82, 2.24) is 0 Å². The van der Waals surface area contributed by atoms with Gasteiger partial charge >= 0.3 is 0 Å². The molecule has 3 heteroatoms. The molecule has 0 radical (unpaired) electrons. The lowest BCUT2D eigenvalue weighted by Gasteiger charge is -2.28. The molecule has 0 heterocycles. The molecular weight excluding hydrogens is 351 g/mol. The first-order chi connectivity index (χ1) is 13.2. The lowest BCUT2D eigenvalue weighted by Crippen LogP contribution is -2.38. The number of aromatic hydroxyl groups is 2. The molecular formula is C24H20O2P+. The van der Waals surface area contributed by atoms with Crippen LogP contribution in [0.2, 0.25) is 0 Å². The molecule has 4 aromatic rings. The molecule has 0 fully saturated rings. The second kappa shape index (κ2) is 7.26. The molecule has 0 aliphatic carbocycles. The maximum atomic E-state index is 10.9. The average molecular weight is 371 g/mol. The molecule has 4 aromatic carbocycles. The Bertz CT molecular complexity index is 935. The van der Waals surface area contributed by atoms with Crippen molar-refractivity contribution in [1.29, 1.82) is 0 Å². The van der Waals surface area contributed by atoms with Gasteiger partial charge in [0, 0.05) is 0 Å². The van der Waals surface area contributed by atoms with E-state index in [1.807, 2.05) is 60.7 Å². The van der Waals surface area contributed by atoms with Crippen molar-refractivity contribution < 1.29 is 10.2 Å². The minimum Gasteiger partial charge on any atom is -0.504 e. The van der Waals surface area contributed by atoms with E-state index in [9.17, 15) is 10.2 Å².